The maximum atomic E-state index is 8.70. The molecular formula is C20H28N6. The lowest BCUT2D eigenvalue weighted by molar-refractivity contribution is 0.659. The second-order valence-electron chi connectivity index (χ2n) is 5.50. The largest absolute Gasteiger partial charge is 0.382 e. The SMILES string of the molecule is C=CC.CNc1ncccc1NCCCNCCc1ccc(C#N)nc1. The predicted molar refractivity (Wildman–Crippen MR) is 108 cm³/mol. The molecule has 0 unspecified atom stereocenters. The van der Waals surface area contributed by atoms with E-state index in [1.165, 1.54) is 0 Å². The lowest BCUT2D eigenvalue weighted by atomic mass is 10.2. The van der Waals surface area contributed by atoms with E-state index in [9.17, 15) is 0 Å². The fourth-order valence-corrected chi connectivity index (χ4v) is 2.18. The average molecular weight is 352 g/mol. The molecule has 2 aromatic rings. The number of rotatable bonds is 9. The number of pyridine rings is 2. The van der Waals surface area contributed by atoms with Gasteiger partial charge in [-0.1, -0.05) is 12.1 Å². The number of nitrogens with zero attached hydrogens (tertiary/aromatic N) is 3. The normalized spacial score (nSPS) is 9.42. The van der Waals surface area contributed by atoms with Gasteiger partial charge in [-0.05, 0) is 56.6 Å². The highest BCUT2D eigenvalue weighted by atomic mass is 15.0. The van der Waals surface area contributed by atoms with Gasteiger partial charge < -0.3 is 16.0 Å². The molecule has 0 aliphatic heterocycles. The standard InChI is InChI=1S/C17H22N6.C3H6/c1-19-17-16(4-2-9-22-17)21-10-3-8-20-11-7-14-5-6-15(12-18)23-13-14;1-3-2/h2,4-6,9,13,20-21H,3,7-8,10-11H2,1H3,(H,19,22);3H,1H2,2H3. The molecule has 0 aromatic carbocycles. The summed E-state index contributed by atoms with van der Waals surface area (Å²) in [5.74, 6) is 0.869. The van der Waals surface area contributed by atoms with Gasteiger partial charge in [-0.15, -0.1) is 6.58 Å². The van der Waals surface area contributed by atoms with E-state index in [0.717, 1.165) is 49.5 Å². The van der Waals surface area contributed by atoms with Gasteiger partial charge in [0.15, 0.2) is 0 Å². The Morgan fingerprint density at radius 1 is 1.19 bits per heavy atom. The second-order valence-corrected chi connectivity index (χ2v) is 5.50. The first kappa shape index (κ1) is 21.1. The molecule has 3 N–H and O–H groups in total. The lowest BCUT2D eigenvalue weighted by Crippen LogP contribution is -2.21. The van der Waals surface area contributed by atoms with Crippen molar-refractivity contribution in [3.8, 4) is 6.07 Å². The van der Waals surface area contributed by atoms with Crippen molar-refractivity contribution in [2.75, 3.05) is 37.3 Å². The van der Waals surface area contributed by atoms with Gasteiger partial charge >= 0.3 is 0 Å². The molecule has 0 radical (unpaired) electrons. The maximum absolute atomic E-state index is 8.70. The van der Waals surface area contributed by atoms with Crippen molar-refractivity contribution in [2.45, 2.75) is 19.8 Å². The van der Waals surface area contributed by atoms with Crippen LogP contribution in [0.3, 0.4) is 0 Å². The predicted octanol–water partition coefficient (Wildman–Crippen LogP) is 3.22. The molecule has 0 aliphatic carbocycles. The molecule has 0 saturated carbocycles. The molecule has 2 heterocycles. The topological polar surface area (TPSA) is 85.7 Å². The van der Waals surface area contributed by atoms with Crippen LogP contribution in [0, 0.1) is 11.3 Å². The fraction of sp³-hybridized carbons (Fsp3) is 0.350. The Bertz CT molecular complexity index is 675. The van der Waals surface area contributed by atoms with E-state index in [4.69, 9.17) is 5.26 Å². The number of hydrogen-bond donors (Lipinski definition) is 3. The Morgan fingerprint density at radius 3 is 2.65 bits per heavy atom. The van der Waals surface area contributed by atoms with Gasteiger partial charge in [0.2, 0.25) is 0 Å². The van der Waals surface area contributed by atoms with Crippen LogP contribution >= 0.6 is 0 Å². The molecule has 0 spiro atoms. The molecule has 0 atom stereocenters. The zero-order valence-corrected chi connectivity index (χ0v) is 15.6. The zero-order chi connectivity index (χ0) is 19.0. The number of nitrogens with one attached hydrogen (secondary N) is 3. The Hall–Kier alpha value is -2.91. The minimum atomic E-state index is 0.462. The van der Waals surface area contributed by atoms with Gasteiger partial charge in [-0.3, -0.25) is 0 Å². The first-order valence-corrected chi connectivity index (χ1v) is 8.74. The minimum Gasteiger partial charge on any atom is -0.382 e. The van der Waals surface area contributed by atoms with Crippen molar-refractivity contribution in [2.24, 2.45) is 0 Å². The number of allylic oxidation sites excluding steroid dienone is 1. The summed E-state index contributed by atoms with van der Waals surface area (Å²) >= 11 is 0. The lowest BCUT2D eigenvalue weighted by Gasteiger charge is -2.10. The van der Waals surface area contributed by atoms with E-state index in [2.05, 4.69) is 32.5 Å². The van der Waals surface area contributed by atoms with Crippen molar-refractivity contribution in [3.05, 3.63) is 60.6 Å². The number of hydrogen-bond acceptors (Lipinski definition) is 6. The first-order valence-electron chi connectivity index (χ1n) is 8.74. The van der Waals surface area contributed by atoms with Gasteiger partial charge in [0.05, 0.1) is 5.69 Å². The molecule has 0 aliphatic rings. The molecule has 138 valence electrons. The zero-order valence-electron chi connectivity index (χ0n) is 15.6. The van der Waals surface area contributed by atoms with Gasteiger partial charge in [0.1, 0.15) is 17.6 Å². The molecule has 6 heteroatoms. The average Bonchev–Trinajstić information content (AvgIpc) is 2.68. The third kappa shape index (κ3) is 8.27. The summed E-state index contributed by atoms with van der Waals surface area (Å²) in [5.41, 5.74) is 2.63. The number of nitriles is 1. The summed E-state index contributed by atoms with van der Waals surface area (Å²) < 4.78 is 0. The smallest absolute Gasteiger partial charge is 0.149 e. The summed E-state index contributed by atoms with van der Waals surface area (Å²) in [6.45, 7) is 8.00. The van der Waals surface area contributed by atoms with E-state index < -0.39 is 0 Å². The Kier molecular flexibility index (Phi) is 10.9. The molecule has 2 aromatic heterocycles. The fourth-order valence-electron chi connectivity index (χ4n) is 2.18. The summed E-state index contributed by atoms with van der Waals surface area (Å²) in [4.78, 5) is 8.32. The van der Waals surface area contributed by atoms with Gasteiger partial charge in [0, 0.05) is 26.0 Å². The Morgan fingerprint density at radius 2 is 2.00 bits per heavy atom. The van der Waals surface area contributed by atoms with Gasteiger partial charge in [-0.2, -0.15) is 5.26 Å². The van der Waals surface area contributed by atoms with E-state index in [1.54, 1.807) is 24.5 Å². The molecule has 0 amide bonds. The quantitative estimate of drug-likeness (QED) is 0.475. The third-order valence-electron chi connectivity index (χ3n) is 3.42. The van der Waals surface area contributed by atoms with Crippen LogP contribution in [0.5, 0.6) is 0 Å². The van der Waals surface area contributed by atoms with Crippen LogP contribution in [0.4, 0.5) is 11.5 Å². The highest BCUT2D eigenvalue weighted by molar-refractivity contribution is 5.63. The Balaban J connectivity index is 0.00000105. The first-order chi connectivity index (χ1) is 12.7. The summed E-state index contributed by atoms with van der Waals surface area (Å²) in [6.07, 6.45) is 7.24. The third-order valence-corrected chi connectivity index (χ3v) is 3.42. The van der Waals surface area contributed by atoms with E-state index in [1.807, 2.05) is 38.2 Å². The molecule has 6 nitrogen and oxygen atoms in total. The second kappa shape index (κ2) is 13.4. The van der Waals surface area contributed by atoms with Crippen LogP contribution in [0.15, 0.2) is 49.3 Å². The van der Waals surface area contributed by atoms with Crippen LogP contribution in [-0.2, 0) is 6.42 Å². The van der Waals surface area contributed by atoms with E-state index in [0.29, 0.717) is 5.69 Å². The monoisotopic (exact) mass is 352 g/mol. The van der Waals surface area contributed by atoms with Crippen molar-refractivity contribution in [1.82, 2.24) is 15.3 Å². The van der Waals surface area contributed by atoms with Crippen LogP contribution in [0.2, 0.25) is 0 Å². The molecule has 0 bridgehead atoms. The van der Waals surface area contributed by atoms with Crippen molar-refractivity contribution in [1.29, 1.82) is 5.26 Å². The summed E-state index contributed by atoms with van der Waals surface area (Å²) in [6, 6.07) is 9.68. The molecule has 0 saturated heterocycles. The molecule has 26 heavy (non-hydrogen) atoms. The van der Waals surface area contributed by atoms with E-state index in [-0.39, 0.29) is 0 Å². The number of anilines is 2. The van der Waals surface area contributed by atoms with Crippen LogP contribution in [0.25, 0.3) is 0 Å². The van der Waals surface area contributed by atoms with E-state index >= 15 is 0 Å². The number of aromatic nitrogens is 2. The highest BCUT2D eigenvalue weighted by Gasteiger charge is 1.99. The van der Waals surface area contributed by atoms with Crippen LogP contribution in [-0.4, -0.2) is 36.6 Å². The van der Waals surface area contributed by atoms with Gasteiger partial charge in [0.25, 0.3) is 0 Å². The van der Waals surface area contributed by atoms with Crippen molar-refractivity contribution >= 4 is 11.5 Å². The highest BCUT2D eigenvalue weighted by Crippen LogP contribution is 2.16. The van der Waals surface area contributed by atoms with Crippen LogP contribution < -0.4 is 16.0 Å². The van der Waals surface area contributed by atoms with Crippen molar-refractivity contribution in [3.63, 3.8) is 0 Å². The van der Waals surface area contributed by atoms with Crippen LogP contribution in [0.1, 0.15) is 24.6 Å². The Labute approximate surface area is 156 Å². The minimum absolute atomic E-state index is 0.462. The summed E-state index contributed by atoms with van der Waals surface area (Å²) in [7, 11) is 1.87. The maximum Gasteiger partial charge on any atom is 0.149 e. The van der Waals surface area contributed by atoms with Crippen molar-refractivity contribution < 1.29 is 0 Å². The molecule has 2 rings (SSSR count). The molecular weight excluding hydrogens is 324 g/mol. The summed E-state index contributed by atoms with van der Waals surface area (Å²) in [5, 5.41) is 18.6. The molecule has 0 fully saturated rings. The van der Waals surface area contributed by atoms with Gasteiger partial charge in [-0.25, -0.2) is 9.97 Å².